The molecule has 2 rings (SSSR count). The maximum absolute atomic E-state index is 3.72. The van der Waals surface area contributed by atoms with Crippen molar-refractivity contribution in [2.24, 2.45) is 5.92 Å². The van der Waals surface area contributed by atoms with Crippen LogP contribution in [0.25, 0.3) is 0 Å². The topological polar surface area (TPSA) is 24.1 Å². The first-order valence-electron chi connectivity index (χ1n) is 5.90. The lowest BCUT2D eigenvalue weighted by molar-refractivity contribution is 0.492. The fraction of sp³-hybridized carbons (Fsp3) is 1.00. The van der Waals surface area contributed by atoms with E-state index in [1.54, 1.807) is 0 Å². The van der Waals surface area contributed by atoms with Gasteiger partial charge in [0.2, 0.25) is 0 Å². The number of nitrogens with one attached hydrogen (secondary N) is 2. The molecule has 0 spiro atoms. The van der Waals surface area contributed by atoms with Gasteiger partial charge in [-0.05, 0) is 25.2 Å². The standard InChI is InChI=1S/C11H22N2S/c1-9-2-3-10(6-9)13-8-11-7-12-4-5-14-11/h9-13H,2-8H2,1H3. The molecule has 1 saturated carbocycles. The van der Waals surface area contributed by atoms with Gasteiger partial charge in [0.1, 0.15) is 0 Å². The predicted molar refractivity (Wildman–Crippen MR) is 63.9 cm³/mol. The lowest BCUT2D eigenvalue weighted by Crippen LogP contribution is -2.41. The van der Waals surface area contributed by atoms with Crippen molar-refractivity contribution in [3.05, 3.63) is 0 Å². The third-order valence-corrected chi connectivity index (χ3v) is 4.58. The molecule has 0 amide bonds. The van der Waals surface area contributed by atoms with E-state index < -0.39 is 0 Å². The number of thioether (sulfide) groups is 1. The van der Waals surface area contributed by atoms with Crippen LogP contribution in [0.1, 0.15) is 26.2 Å². The summed E-state index contributed by atoms with van der Waals surface area (Å²) in [6, 6.07) is 0.813. The van der Waals surface area contributed by atoms with Crippen LogP contribution in [0, 0.1) is 5.92 Å². The maximum Gasteiger partial charge on any atom is 0.0297 e. The summed E-state index contributed by atoms with van der Waals surface area (Å²) < 4.78 is 0. The third kappa shape index (κ3) is 3.14. The van der Waals surface area contributed by atoms with E-state index >= 15 is 0 Å². The first kappa shape index (κ1) is 10.8. The molecular formula is C11H22N2S. The fourth-order valence-electron chi connectivity index (χ4n) is 2.44. The van der Waals surface area contributed by atoms with Crippen LogP contribution in [0.2, 0.25) is 0 Å². The van der Waals surface area contributed by atoms with Gasteiger partial charge in [0.25, 0.3) is 0 Å². The van der Waals surface area contributed by atoms with Gasteiger partial charge in [0.05, 0.1) is 0 Å². The van der Waals surface area contributed by atoms with Crippen LogP contribution in [-0.2, 0) is 0 Å². The van der Waals surface area contributed by atoms with Crippen LogP contribution in [0.5, 0.6) is 0 Å². The summed E-state index contributed by atoms with van der Waals surface area (Å²) in [6.07, 6.45) is 4.21. The second-order valence-electron chi connectivity index (χ2n) is 4.72. The minimum absolute atomic E-state index is 0.805. The highest BCUT2D eigenvalue weighted by Gasteiger charge is 2.22. The van der Waals surface area contributed by atoms with Crippen LogP contribution >= 0.6 is 11.8 Å². The fourth-order valence-corrected chi connectivity index (χ4v) is 3.49. The molecule has 3 unspecified atom stereocenters. The van der Waals surface area contributed by atoms with E-state index in [1.807, 2.05) is 0 Å². The quantitative estimate of drug-likeness (QED) is 0.744. The SMILES string of the molecule is CC1CCC(NCC2CNCCS2)C1. The Balaban J connectivity index is 1.61. The predicted octanol–water partition coefficient (Wildman–Crippen LogP) is 1.47. The monoisotopic (exact) mass is 214 g/mol. The summed E-state index contributed by atoms with van der Waals surface area (Å²) in [5.41, 5.74) is 0. The number of rotatable bonds is 3. The molecule has 3 heteroatoms. The Morgan fingerprint density at radius 1 is 1.43 bits per heavy atom. The smallest absolute Gasteiger partial charge is 0.0297 e. The van der Waals surface area contributed by atoms with Crippen molar-refractivity contribution in [1.82, 2.24) is 10.6 Å². The van der Waals surface area contributed by atoms with E-state index in [9.17, 15) is 0 Å². The highest BCUT2D eigenvalue weighted by molar-refractivity contribution is 8.00. The van der Waals surface area contributed by atoms with Gasteiger partial charge in [-0.3, -0.25) is 0 Å². The first-order chi connectivity index (χ1) is 6.84. The van der Waals surface area contributed by atoms with Gasteiger partial charge >= 0.3 is 0 Å². The van der Waals surface area contributed by atoms with E-state index in [0.717, 1.165) is 17.2 Å². The summed E-state index contributed by atoms with van der Waals surface area (Å²) in [5.74, 6) is 2.23. The molecule has 2 nitrogen and oxygen atoms in total. The summed E-state index contributed by atoms with van der Waals surface area (Å²) >= 11 is 2.12. The molecule has 0 aromatic carbocycles. The highest BCUT2D eigenvalue weighted by atomic mass is 32.2. The zero-order valence-corrected chi connectivity index (χ0v) is 9.91. The van der Waals surface area contributed by atoms with Crippen molar-refractivity contribution in [1.29, 1.82) is 0 Å². The average molecular weight is 214 g/mol. The normalized spacial score (nSPS) is 38.8. The van der Waals surface area contributed by atoms with Crippen LogP contribution in [0.4, 0.5) is 0 Å². The Hall–Kier alpha value is 0.270. The zero-order valence-electron chi connectivity index (χ0n) is 9.09. The molecule has 0 aromatic heterocycles. The summed E-state index contributed by atoms with van der Waals surface area (Å²) in [5, 5.41) is 7.98. The van der Waals surface area contributed by atoms with Gasteiger partial charge < -0.3 is 10.6 Å². The van der Waals surface area contributed by atoms with Crippen LogP contribution in [0.3, 0.4) is 0 Å². The molecule has 0 aromatic rings. The second-order valence-corrected chi connectivity index (χ2v) is 6.13. The summed E-state index contributed by atoms with van der Waals surface area (Å²) in [7, 11) is 0. The molecule has 1 aliphatic carbocycles. The van der Waals surface area contributed by atoms with Crippen molar-refractivity contribution in [2.45, 2.75) is 37.5 Å². The molecule has 82 valence electrons. The largest absolute Gasteiger partial charge is 0.315 e. The van der Waals surface area contributed by atoms with Gasteiger partial charge in [-0.25, -0.2) is 0 Å². The second kappa shape index (κ2) is 5.38. The lowest BCUT2D eigenvalue weighted by atomic mass is 10.1. The van der Waals surface area contributed by atoms with Crippen molar-refractivity contribution < 1.29 is 0 Å². The van der Waals surface area contributed by atoms with E-state index in [-0.39, 0.29) is 0 Å². The van der Waals surface area contributed by atoms with Crippen molar-refractivity contribution in [2.75, 3.05) is 25.4 Å². The molecule has 2 aliphatic rings. The van der Waals surface area contributed by atoms with Crippen LogP contribution < -0.4 is 10.6 Å². The number of hydrogen-bond acceptors (Lipinski definition) is 3. The van der Waals surface area contributed by atoms with Gasteiger partial charge in [-0.1, -0.05) is 6.92 Å². The molecule has 1 saturated heterocycles. The maximum atomic E-state index is 3.72. The molecule has 0 radical (unpaired) electrons. The summed E-state index contributed by atoms with van der Waals surface area (Å²) in [6.45, 7) is 5.97. The van der Waals surface area contributed by atoms with Gasteiger partial charge in [0, 0.05) is 36.7 Å². The molecule has 0 bridgehead atoms. The molecular weight excluding hydrogens is 192 g/mol. The van der Waals surface area contributed by atoms with Crippen LogP contribution in [-0.4, -0.2) is 36.7 Å². The highest BCUT2D eigenvalue weighted by Crippen LogP contribution is 2.24. The molecule has 3 atom stereocenters. The van der Waals surface area contributed by atoms with Gasteiger partial charge in [-0.2, -0.15) is 11.8 Å². The van der Waals surface area contributed by atoms with Crippen LogP contribution in [0.15, 0.2) is 0 Å². The Kier molecular flexibility index (Phi) is 4.14. The lowest BCUT2D eigenvalue weighted by Gasteiger charge is -2.24. The molecule has 2 N–H and O–H groups in total. The molecule has 14 heavy (non-hydrogen) atoms. The van der Waals surface area contributed by atoms with Crippen molar-refractivity contribution in [3.63, 3.8) is 0 Å². The van der Waals surface area contributed by atoms with Crippen molar-refractivity contribution >= 4 is 11.8 Å². The minimum Gasteiger partial charge on any atom is -0.315 e. The molecule has 2 fully saturated rings. The third-order valence-electron chi connectivity index (χ3n) is 3.33. The van der Waals surface area contributed by atoms with E-state index in [0.29, 0.717) is 0 Å². The molecule has 1 aliphatic heterocycles. The molecule has 1 heterocycles. The zero-order chi connectivity index (χ0) is 9.80. The van der Waals surface area contributed by atoms with E-state index in [1.165, 1.54) is 44.6 Å². The average Bonchev–Trinajstić information content (AvgIpc) is 2.63. The Labute approximate surface area is 91.6 Å². The Morgan fingerprint density at radius 2 is 2.36 bits per heavy atom. The van der Waals surface area contributed by atoms with Crippen molar-refractivity contribution in [3.8, 4) is 0 Å². The Bertz CT molecular complexity index is 164. The first-order valence-corrected chi connectivity index (χ1v) is 6.95. The van der Waals surface area contributed by atoms with Gasteiger partial charge in [0.15, 0.2) is 0 Å². The Morgan fingerprint density at radius 3 is 3.00 bits per heavy atom. The number of hydrogen-bond donors (Lipinski definition) is 2. The van der Waals surface area contributed by atoms with E-state index in [2.05, 4.69) is 29.3 Å². The summed E-state index contributed by atoms with van der Waals surface area (Å²) in [4.78, 5) is 0. The van der Waals surface area contributed by atoms with Gasteiger partial charge in [-0.15, -0.1) is 0 Å². The minimum atomic E-state index is 0.805. The van der Waals surface area contributed by atoms with E-state index in [4.69, 9.17) is 0 Å².